The van der Waals surface area contributed by atoms with Crippen LogP contribution in [0.25, 0.3) is 11.0 Å². The Bertz CT molecular complexity index is 940. The Morgan fingerprint density at radius 1 is 1.36 bits per heavy atom. The molecule has 1 unspecified atom stereocenters. The van der Waals surface area contributed by atoms with Gasteiger partial charge in [0.05, 0.1) is 0 Å². The van der Waals surface area contributed by atoms with E-state index < -0.39 is 0 Å². The van der Waals surface area contributed by atoms with Crippen LogP contribution >= 0.6 is 0 Å². The van der Waals surface area contributed by atoms with E-state index in [9.17, 15) is 4.79 Å². The molecule has 4 rings (SSSR count). The molecule has 25 heavy (non-hydrogen) atoms. The number of furan rings is 1. The van der Waals surface area contributed by atoms with Gasteiger partial charge in [-0.25, -0.2) is 4.98 Å². The minimum absolute atomic E-state index is 0.0670. The number of imidazole rings is 1. The molecule has 1 amide bonds. The standard InChI is InChI=1S/C19H22N4O2/c1-12-5-4-6-14-13(2)17(25-16(12)14)19(24)23-10-7-20-11-15(23)18-21-8-9-22(18)3/h4-6,8-9,15,20H,7,10-11H2,1-3H3. The van der Waals surface area contributed by atoms with Crippen molar-refractivity contribution in [3.8, 4) is 0 Å². The van der Waals surface area contributed by atoms with E-state index in [2.05, 4.69) is 10.3 Å². The van der Waals surface area contributed by atoms with Gasteiger partial charge in [0.25, 0.3) is 5.91 Å². The highest BCUT2D eigenvalue weighted by Crippen LogP contribution is 2.30. The SMILES string of the molecule is Cc1c(C(=O)N2CCNCC2c2nccn2C)oc2c(C)cccc12. The molecule has 0 saturated carbocycles. The number of rotatable bonds is 2. The van der Waals surface area contributed by atoms with Crippen molar-refractivity contribution in [1.29, 1.82) is 0 Å². The quantitative estimate of drug-likeness (QED) is 0.780. The zero-order chi connectivity index (χ0) is 17.6. The van der Waals surface area contributed by atoms with Crippen molar-refractivity contribution in [3.63, 3.8) is 0 Å². The predicted molar refractivity (Wildman–Crippen MR) is 95.5 cm³/mol. The molecule has 0 bridgehead atoms. The summed E-state index contributed by atoms with van der Waals surface area (Å²) in [5, 5.41) is 4.37. The Balaban J connectivity index is 1.75. The Morgan fingerprint density at radius 2 is 2.20 bits per heavy atom. The van der Waals surface area contributed by atoms with Gasteiger partial charge in [0.15, 0.2) is 5.76 Å². The third kappa shape index (κ3) is 2.53. The van der Waals surface area contributed by atoms with Crippen LogP contribution in [-0.2, 0) is 7.05 Å². The summed E-state index contributed by atoms with van der Waals surface area (Å²) in [5.41, 5.74) is 2.74. The molecule has 3 heterocycles. The van der Waals surface area contributed by atoms with Gasteiger partial charge in [0, 0.05) is 50.0 Å². The third-order valence-electron chi connectivity index (χ3n) is 5.02. The van der Waals surface area contributed by atoms with Crippen LogP contribution in [0.15, 0.2) is 35.0 Å². The number of hydrogen-bond acceptors (Lipinski definition) is 4. The highest BCUT2D eigenvalue weighted by Gasteiger charge is 2.33. The van der Waals surface area contributed by atoms with Gasteiger partial charge in [-0.1, -0.05) is 18.2 Å². The topological polar surface area (TPSA) is 63.3 Å². The molecular weight excluding hydrogens is 316 g/mol. The number of nitrogens with one attached hydrogen (secondary N) is 1. The molecule has 1 aliphatic rings. The van der Waals surface area contributed by atoms with Gasteiger partial charge in [-0.15, -0.1) is 0 Å². The van der Waals surface area contributed by atoms with Crippen LogP contribution in [-0.4, -0.2) is 40.0 Å². The number of para-hydroxylation sites is 1. The van der Waals surface area contributed by atoms with E-state index in [1.54, 1.807) is 6.20 Å². The van der Waals surface area contributed by atoms with Crippen molar-refractivity contribution in [2.24, 2.45) is 7.05 Å². The fraction of sp³-hybridized carbons (Fsp3) is 0.368. The predicted octanol–water partition coefficient (Wildman–Crippen LogP) is 2.57. The van der Waals surface area contributed by atoms with Gasteiger partial charge in [0.1, 0.15) is 17.4 Å². The first kappa shape index (κ1) is 15.9. The molecule has 130 valence electrons. The number of piperazine rings is 1. The molecule has 0 radical (unpaired) electrons. The van der Waals surface area contributed by atoms with Gasteiger partial charge in [-0.05, 0) is 19.4 Å². The van der Waals surface area contributed by atoms with Crippen LogP contribution in [0, 0.1) is 13.8 Å². The van der Waals surface area contributed by atoms with Crippen molar-refractivity contribution in [1.82, 2.24) is 19.8 Å². The first-order chi connectivity index (χ1) is 12.1. The average Bonchev–Trinajstić information content (AvgIpc) is 3.19. The molecular formula is C19H22N4O2. The van der Waals surface area contributed by atoms with E-state index in [4.69, 9.17) is 4.42 Å². The number of carbonyl (C=O) groups excluding carboxylic acids is 1. The van der Waals surface area contributed by atoms with Crippen molar-refractivity contribution >= 4 is 16.9 Å². The minimum atomic E-state index is -0.102. The smallest absolute Gasteiger partial charge is 0.290 e. The summed E-state index contributed by atoms with van der Waals surface area (Å²) in [5.74, 6) is 1.25. The first-order valence-corrected chi connectivity index (χ1v) is 8.55. The molecule has 1 aromatic carbocycles. The second-order valence-corrected chi connectivity index (χ2v) is 6.62. The lowest BCUT2D eigenvalue weighted by Crippen LogP contribution is -2.49. The molecule has 2 aromatic heterocycles. The normalized spacial score (nSPS) is 18.0. The lowest BCUT2D eigenvalue weighted by atomic mass is 10.1. The summed E-state index contributed by atoms with van der Waals surface area (Å²) >= 11 is 0. The molecule has 1 fully saturated rings. The van der Waals surface area contributed by atoms with Crippen LogP contribution in [0.3, 0.4) is 0 Å². The van der Waals surface area contributed by atoms with Crippen LogP contribution in [0.4, 0.5) is 0 Å². The summed E-state index contributed by atoms with van der Waals surface area (Å²) in [6, 6.07) is 5.90. The van der Waals surface area contributed by atoms with Crippen LogP contribution in [0.5, 0.6) is 0 Å². The Morgan fingerprint density at radius 3 is 2.92 bits per heavy atom. The molecule has 6 nitrogen and oxygen atoms in total. The maximum Gasteiger partial charge on any atom is 0.290 e. The summed E-state index contributed by atoms with van der Waals surface area (Å²) in [6.45, 7) is 6.04. The van der Waals surface area contributed by atoms with Crippen molar-refractivity contribution in [2.75, 3.05) is 19.6 Å². The molecule has 1 aliphatic heterocycles. The maximum atomic E-state index is 13.3. The number of aromatic nitrogens is 2. The highest BCUT2D eigenvalue weighted by molar-refractivity contribution is 5.99. The number of fused-ring (bicyclic) bond motifs is 1. The molecule has 3 aromatic rings. The lowest BCUT2D eigenvalue weighted by molar-refractivity contribution is 0.0589. The molecule has 1 atom stereocenters. The van der Waals surface area contributed by atoms with E-state index >= 15 is 0 Å². The summed E-state index contributed by atoms with van der Waals surface area (Å²) in [7, 11) is 1.95. The molecule has 6 heteroatoms. The number of hydrogen-bond donors (Lipinski definition) is 1. The van der Waals surface area contributed by atoms with E-state index in [0.29, 0.717) is 18.8 Å². The van der Waals surface area contributed by atoms with Gasteiger partial charge in [-0.3, -0.25) is 4.79 Å². The van der Waals surface area contributed by atoms with E-state index in [1.165, 1.54) is 0 Å². The van der Waals surface area contributed by atoms with E-state index in [1.807, 2.05) is 54.8 Å². The Hall–Kier alpha value is -2.60. The Kier molecular flexibility index (Phi) is 3.84. The Labute approximate surface area is 146 Å². The van der Waals surface area contributed by atoms with Gasteiger partial charge in [-0.2, -0.15) is 0 Å². The third-order valence-corrected chi connectivity index (χ3v) is 5.02. The van der Waals surface area contributed by atoms with Gasteiger partial charge < -0.3 is 19.2 Å². The highest BCUT2D eigenvalue weighted by atomic mass is 16.3. The molecule has 0 aliphatic carbocycles. The lowest BCUT2D eigenvalue weighted by Gasteiger charge is -2.35. The zero-order valence-corrected chi connectivity index (χ0v) is 14.7. The zero-order valence-electron chi connectivity index (χ0n) is 14.7. The second-order valence-electron chi connectivity index (χ2n) is 6.62. The number of amides is 1. The number of nitrogens with zero attached hydrogens (tertiary/aromatic N) is 3. The van der Waals surface area contributed by atoms with Crippen LogP contribution in [0.1, 0.15) is 33.5 Å². The fourth-order valence-corrected chi connectivity index (χ4v) is 3.59. The molecule has 0 spiro atoms. The van der Waals surface area contributed by atoms with Gasteiger partial charge >= 0.3 is 0 Å². The van der Waals surface area contributed by atoms with Crippen LogP contribution in [0.2, 0.25) is 0 Å². The van der Waals surface area contributed by atoms with E-state index in [0.717, 1.165) is 34.5 Å². The van der Waals surface area contributed by atoms with Gasteiger partial charge in [0.2, 0.25) is 0 Å². The molecule has 1 N–H and O–H groups in total. The number of aryl methyl sites for hydroxylation is 3. The van der Waals surface area contributed by atoms with Crippen molar-refractivity contribution in [3.05, 3.63) is 53.3 Å². The average molecular weight is 338 g/mol. The number of benzene rings is 1. The monoisotopic (exact) mass is 338 g/mol. The largest absolute Gasteiger partial charge is 0.450 e. The maximum absolute atomic E-state index is 13.3. The second kappa shape index (κ2) is 6.04. The minimum Gasteiger partial charge on any atom is -0.450 e. The van der Waals surface area contributed by atoms with Crippen LogP contribution < -0.4 is 5.32 Å². The first-order valence-electron chi connectivity index (χ1n) is 8.55. The van der Waals surface area contributed by atoms with Crippen molar-refractivity contribution in [2.45, 2.75) is 19.9 Å². The number of carbonyl (C=O) groups is 1. The fourth-order valence-electron chi connectivity index (χ4n) is 3.59. The molecule has 1 saturated heterocycles. The summed E-state index contributed by atoms with van der Waals surface area (Å²) < 4.78 is 7.97. The summed E-state index contributed by atoms with van der Waals surface area (Å²) in [4.78, 5) is 19.6. The van der Waals surface area contributed by atoms with Crippen molar-refractivity contribution < 1.29 is 9.21 Å². The summed E-state index contributed by atoms with van der Waals surface area (Å²) in [6.07, 6.45) is 3.67. The van der Waals surface area contributed by atoms with E-state index in [-0.39, 0.29) is 11.9 Å².